The van der Waals surface area contributed by atoms with E-state index in [-0.39, 0.29) is 5.56 Å². The summed E-state index contributed by atoms with van der Waals surface area (Å²) < 4.78 is 0. The van der Waals surface area contributed by atoms with Crippen molar-refractivity contribution < 1.29 is 14.8 Å². The Kier molecular flexibility index (Phi) is 4.26. The number of carbonyl (C=O) groups is 1. The average Bonchev–Trinajstić information content (AvgIpc) is 2.91. The maximum atomic E-state index is 11.9. The van der Waals surface area contributed by atoms with Gasteiger partial charge in [-0.2, -0.15) is 0 Å². The molecule has 0 unspecified atom stereocenters. The molecule has 0 atom stereocenters. The first-order valence-electron chi connectivity index (χ1n) is 5.72. The fourth-order valence-electron chi connectivity index (χ4n) is 1.62. The van der Waals surface area contributed by atoms with Gasteiger partial charge in [0.1, 0.15) is 0 Å². The third kappa shape index (κ3) is 3.09. The van der Waals surface area contributed by atoms with Gasteiger partial charge in [-0.25, -0.2) is 4.98 Å². The molecule has 2 N–H and O–H groups in total. The molecule has 0 aliphatic carbocycles. The van der Waals surface area contributed by atoms with Gasteiger partial charge in [-0.3, -0.25) is 14.9 Å². The maximum Gasteiger partial charge on any atom is 0.311 e. The monoisotopic (exact) mass is 293 g/mol. The molecule has 1 aromatic carbocycles. The van der Waals surface area contributed by atoms with Crippen molar-refractivity contribution in [2.75, 3.05) is 6.54 Å². The summed E-state index contributed by atoms with van der Waals surface area (Å²) in [6.45, 7) is 0.342. The second-order valence-electron chi connectivity index (χ2n) is 3.86. The van der Waals surface area contributed by atoms with Crippen molar-refractivity contribution in [1.82, 2.24) is 10.3 Å². The Morgan fingerprint density at radius 3 is 2.95 bits per heavy atom. The molecule has 1 heterocycles. The molecule has 20 heavy (non-hydrogen) atoms. The summed E-state index contributed by atoms with van der Waals surface area (Å²) in [6, 6.07) is 3.83. The minimum Gasteiger partial charge on any atom is -0.502 e. The van der Waals surface area contributed by atoms with Crippen LogP contribution < -0.4 is 5.32 Å². The number of nitro benzene ring substituents is 1. The van der Waals surface area contributed by atoms with Gasteiger partial charge >= 0.3 is 5.69 Å². The molecule has 2 aromatic rings. The number of thiazole rings is 1. The SMILES string of the molecule is O=C(NCCc1nccs1)c1cccc([N+](=O)[O-])c1O. The summed E-state index contributed by atoms with van der Waals surface area (Å²) in [5.41, 5.74) is -0.601. The number of hydrogen-bond acceptors (Lipinski definition) is 6. The zero-order valence-corrected chi connectivity index (χ0v) is 11.1. The highest BCUT2D eigenvalue weighted by Gasteiger charge is 2.20. The number of benzene rings is 1. The second kappa shape index (κ2) is 6.11. The number of phenolic OH excluding ortho intramolecular Hbond substituents is 1. The molecule has 2 rings (SSSR count). The van der Waals surface area contributed by atoms with Crippen LogP contribution in [-0.2, 0) is 6.42 Å². The van der Waals surface area contributed by atoms with Crippen molar-refractivity contribution in [1.29, 1.82) is 0 Å². The molecule has 8 heteroatoms. The van der Waals surface area contributed by atoms with E-state index in [2.05, 4.69) is 10.3 Å². The van der Waals surface area contributed by atoms with Crippen LogP contribution in [-0.4, -0.2) is 27.5 Å². The van der Waals surface area contributed by atoms with Crippen LogP contribution in [0.25, 0.3) is 0 Å². The molecule has 0 aliphatic rings. The Bertz CT molecular complexity index is 628. The van der Waals surface area contributed by atoms with Crippen molar-refractivity contribution in [2.45, 2.75) is 6.42 Å². The van der Waals surface area contributed by atoms with Crippen LogP contribution in [0.15, 0.2) is 29.8 Å². The van der Waals surface area contributed by atoms with Crippen LogP contribution >= 0.6 is 11.3 Å². The second-order valence-corrected chi connectivity index (χ2v) is 4.84. The average molecular weight is 293 g/mol. The lowest BCUT2D eigenvalue weighted by Crippen LogP contribution is -2.25. The van der Waals surface area contributed by atoms with Gasteiger partial charge in [-0.1, -0.05) is 6.07 Å². The van der Waals surface area contributed by atoms with E-state index in [0.29, 0.717) is 13.0 Å². The topological polar surface area (TPSA) is 105 Å². The first kappa shape index (κ1) is 13.9. The third-order valence-corrected chi connectivity index (χ3v) is 3.40. The lowest BCUT2D eigenvalue weighted by atomic mass is 10.1. The highest BCUT2D eigenvalue weighted by atomic mass is 32.1. The number of para-hydroxylation sites is 1. The van der Waals surface area contributed by atoms with Gasteiger partial charge in [-0.05, 0) is 6.07 Å². The van der Waals surface area contributed by atoms with Gasteiger partial charge in [0, 0.05) is 30.6 Å². The molecule has 104 valence electrons. The first-order chi connectivity index (χ1) is 9.59. The Morgan fingerprint density at radius 1 is 1.50 bits per heavy atom. The van der Waals surface area contributed by atoms with E-state index >= 15 is 0 Å². The zero-order chi connectivity index (χ0) is 14.5. The van der Waals surface area contributed by atoms with Gasteiger partial charge in [0.15, 0.2) is 0 Å². The van der Waals surface area contributed by atoms with E-state index in [4.69, 9.17) is 0 Å². The fraction of sp³-hybridized carbons (Fsp3) is 0.167. The van der Waals surface area contributed by atoms with E-state index in [1.165, 1.54) is 23.5 Å². The number of aromatic hydroxyl groups is 1. The molecule has 0 aliphatic heterocycles. The van der Waals surface area contributed by atoms with Crippen LogP contribution in [0.2, 0.25) is 0 Å². The Labute approximate surface area is 118 Å². The lowest BCUT2D eigenvalue weighted by Gasteiger charge is -2.06. The summed E-state index contributed by atoms with van der Waals surface area (Å²) in [4.78, 5) is 25.9. The number of hydrogen-bond donors (Lipinski definition) is 2. The van der Waals surface area contributed by atoms with Crippen LogP contribution in [0.1, 0.15) is 15.4 Å². The lowest BCUT2D eigenvalue weighted by molar-refractivity contribution is -0.385. The molecule has 0 spiro atoms. The summed E-state index contributed by atoms with van der Waals surface area (Å²) in [7, 11) is 0. The number of amides is 1. The molecule has 7 nitrogen and oxygen atoms in total. The van der Waals surface area contributed by atoms with Crippen LogP contribution in [0, 0.1) is 10.1 Å². The van der Waals surface area contributed by atoms with Crippen LogP contribution in [0.5, 0.6) is 5.75 Å². The smallest absolute Gasteiger partial charge is 0.311 e. The third-order valence-electron chi connectivity index (χ3n) is 2.56. The summed E-state index contributed by atoms with van der Waals surface area (Å²) in [6.07, 6.45) is 2.24. The standard InChI is InChI=1S/C12H11N3O4S/c16-11-8(2-1-3-9(11)15(18)19)12(17)14-5-4-10-13-6-7-20-10/h1-3,6-7,16H,4-5H2,(H,14,17). The zero-order valence-electron chi connectivity index (χ0n) is 10.3. The minimum atomic E-state index is -0.734. The van der Waals surface area contributed by atoms with Gasteiger partial charge in [-0.15, -0.1) is 11.3 Å². The van der Waals surface area contributed by atoms with Gasteiger partial charge in [0.05, 0.1) is 15.5 Å². The maximum absolute atomic E-state index is 11.9. The van der Waals surface area contributed by atoms with Gasteiger partial charge < -0.3 is 10.4 Å². The fourth-order valence-corrected chi connectivity index (χ4v) is 2.24. The van der Waals surface area contributed by atoms with Crippen molar-refractivity contribution >= 4 is 22.9 Å². The van der Waals surface area contributed by atoms with Crippen molar-refractivity contribution in [2.24, 2.45) is 0 Å². The highest BCUT2D eigenvalue weighted by Crippen LogP contribution is 2.28. The first-order valence-corrected chi connectivity index (χ1v) is 6.60. The van der Waals surface area contributed by atoms with Crippen molar-refractivity contribution in [3.8, 4) is 5.75 Å². The molecule has 0 radical (unpaired) electrons. The Hall–Kier alpha value is -2.48. The number of nitrogens with zero attached hydrogens (tertiary/aromatic N) is 2. The minimum absolute atomic E-state index is 0.113. The predicted octanol–water partition coefficient (Wildman–Crippen LogP) is 1.73. The summed E-state index contributed by atoms with van der Waals surface area (Å²) >= 11 is 1.48. The molecular weight excluding hydrogens is 282 g/mol. The number of rotatable bonds is 5. The number of phenols is 1. The normalized spacial score (nSPS) is 10.2. The largest absolute Gasteiger partial charge is 0.502 e. The van der Waals surface area contributed by atoms with Gasteiger partial charge in [0.25, 0.3) is 5.91 Å². The molecule has 0 fully saturated rings. The van der Waals surface area contributed by atoms with Crippen molar-refractivity contribution in [3.63, 3.8) is 0 Å². The Balaban J connectivity index is 2.02. The summed E-state index contributed by atoms with van der Waals surface area (Å²) in [5.74, 6) is -1.17. The Morgan fingerprint density at radius 2 is 2.30 bits per heavy atom. The van der Waals surface area contributed by atoms with E-state index in [0.717, 1.165) is 11.1 Å². The van der Waals surface area contributed by atoms with Crippen molar-refractivity contribution in [3.05, 3.63) is 50.5 Å². The molecule has 0 saturated carbocycles. The van der Waals surface area contributed by atoms with Crippen LogP contribution in [0.4, 0.5) is 5.69 Å². The number of nitrogens with one attached hydrogen (secondary N) is 1. The number of aromatic nitrogens is 1. The van der Waals surface area contributed by atoms with E-state index in [9.17, 15) is 20.0 Å². The summed E-state index contributed by atoms with van der Waals surface area (Å²) in [5, 5.41) is 25.7. The molecule has 1 aromatic heterocycles. The van der Waals surface area contributed by atoms with Gasteiger partial charge in [0.2, 0.25) is 5.75 Å². The van der Waals surface area contributed by atoms with Crippen LogP contribution in [0.3, 0.4) is 0 Å². The number of carbonyl (C=O) groups excluding carboxylic acids is 1. The van der Waals surface area contributed by atoms with E-state index < -0.39 is 22.3 Å². The molecule has 1 amide bonds. The quantitative estimate of drug-likeness (QED) is 0.645. The molecular formula is C12H11N3O4S. The van der Waals surface area contributed by atoms with E-state index in [1.54, 1.807) is 6.20 Å². The molecule has 0 bridgehead atoms. The predicted molar refractivity (Wildman–Crippen MR) is 72.9 cm³/mol. The highest BCUT2D eigenvalue weighted by molar-refractivity contribution is 7.09. The number of nitro groups is 1. The molecule has 0 saturated heterocycles. The van der Waals surface area contributed by atoms with E-state index in [1.807, 2.05) is 5.38 Å².